The number of cyclic esters (lactones) is 1. The fourth-order valence-electron chi connectivity index (χ4n) is 1.76. The Labute approximate surface area is 104 Å². The number of nitrogens with zero attached hydrogens (tertiary/aromatic N) is 1. The molecule has 1 aromatic rings. The van der Waals surface area contributed by atoms with E-state index in [-0.39, 0.29) is 13.2 Å². The van der Waals surface area contributed by atoms with Gasteiger partial charge in [0.2, 0.25) is 0 Å². The monoisotopic (exact) mass is 251 g/mol. The van der Waals surface area contributed by atoms with Crippen LogP contribution in [0.15, 0.2) is 24.3 Å². The lowest BCUT2D eigenvalue weighted by Crippen LogP contribution is -2.38. The van der Waals surface area contributed by atoms with Crippen molar-refractivity contribution in [2.75, 3.05) is 13.7 Å². The summed E-state index contributed by atoms with van der Waals surface area (Å²) in [6, 6.07) is 6.16. The topological polar surface area (TPSA) is 76.1 Å². The van der Waals surface area contributed by atoms with Crippen LogP contribution in [0.1, 0.15) is 5.56 Å². The number of carbonyl (C=O) groups is 2. The van der Waals surface area contributed by atoms with Gasteiger partial charge in [-0.05, 0) is 17.7 Å². The summed E-state index contributed by atoms with van der Waals surface area (Å²) < 4.78 is 9.76. The minimum atomic E-state index is -1.06. The smallest absolute Gasteiger partial charge is 0.411 e. The van der Waals surface area contributed by atoms with Gasteiger partial charge < -0.3 is 14.6 Å². The highest BCUT2D eigenvalue weighted by molar-refractivity contribution is 5.82. The SMILES string of the molecule is COc1ccc(CN2C(=O)OC[C@H]2C(=O)O)cc1. The lowest BCUT2D eigenvalue weighted by molar-refractivity contribution is -0.141. The standard InChI is InChI=1S/C12H13NO5/c1-17-9-4-2-8(3-5-9)6-13-10(11(14)15)7-18-12(13)16/h2-5,10H,6-7H2,1H3,(H,14,15)/t10-/m0/s1. The van der Waals surface area contributed by atoms with Crippen molar-refractivity contribution in [2.24, 2.45) is 0 Å². The number of benzene rings is 1. The fraction of sp³-hybridized carbons (Fsp3) is 0.333. The molecule has 0 unspecified atom stereocenters. The van der Waals surface area contributed by atoms with Crippen LogP contribution in [-0.2, 0) is 16.1 Å². The summed E-state index contributed by atoms with van der Waals surface area (Å²) in [5, 5.41) is 8.97. The summed E-state index contributed by atoms with van der Waals surface area (Å²) in [4.78, 5) is 23.6. The van der Waals surface area contributed by atoms with E-state index < -0.39 is 18.1 Å². The number of hydrogen-bond acceptors (Lipinski definition) is 4. The fourth-order valence-corrected chi connectivity index (χ4v) is 1.76. The van der Waals surface area contributed by atoms with Crippen molar-refractivity contribution in [3.8, 4) is 5.75 Å². The van der Waals surface area contributed by atoms with Crippen molar-refractivity contribution in [1.29, 1.82) is 0 Å². The molecule has 1 fully saturated rings. The van der Waals surface area contributed by atoms with Crippen molar-refractivity contribution in [3.63, 3.8) is 0 Å². The van der Waals surface area contributed by atoms with Gasteiger partial charge in [0.1, 0.15) is 12.4 Å². The van der Waals surface area contributed by atoms with E-state index >= 15 is 0 Å². The van der Waals surface area contributed by atoms with Crippen molar-refractivity contribution >= 4 is 12.1 Å². The van der Waals surface area contributed by atoms with E-state index in [4.69, 9.17) is 14.6 Å². The molecule has 0 saturated carbocycles. The van der Waals surface area contributed by atoms with Crippen LogP contribution < -0.4 is 4.74 Å². The third-order valence-corrected chi connectivity index (χ3v) is 2.77. The average Bonchev–Trinajstić information content (AvgIpc) is 2.72. The number of ether oxygens (including phenoxy) is 2. The zero-order valence-corrected chi connectivity index (χ0v) is 9.83. The number of methoxy groups -OCH3 is 1. The highest BCUT2D eigenvalue weighted by atomic mass is 16.6. The lowest BCUT2D eigenvalue weighted by atomic mass is 10.2. The predicted molar refractivity (Wildman–Crippen MR) is 61.3 cm³/mol. The van der Waals surface area contributed by atoms with Gasteiger partial charge in [0.15, 0.2) is 6.04 Å². The first-order chi connectivity index (χ1) is 8.61. The second kappa shape index (κ2) is 4.95. The molecule has 1 N–H and O–H groups in total. The number of carboxylic acid groups (broad SMARTS) is 1. The Morgan fingerprint density at radius 3 is 2.72 bits per heavy atom. The van der Waals surface area contributed by atoms with Gasteiger partial charge in [-0.2, -0.15) is 0 Å². The first-order valence-corrected chi connectivity index (χ1v) is 5.41. The predicted octanol–water partition coefficient (Wildman–Crippen LogP) is 1.10. The minimum Gasteiger partial charge on any atom is -0.497 e. The summed E-state index contributed by atoms with van der Waals surface area (Å²) >= 11 is 0. The molecule has 1 saturated heterocycles. The Morgan fingerprint density at radius 2 is 2.17 bits per heavy atom. The summed E-state index contributed by atoms with van der Waals surface area (Å²) in [7, 11) is 1.56. The van der Waals surface area contributed by atoms with E-state index in [0.717, 1.165) is 5.56 Å². The summed E-state index contributed by atoms with van der Waals surface area (Å²) in [6.07, 6.45) is -0.599. The lowest BCUT2D eigenvalue weighted by Gasteiger charge is -2.18. The molecule has 1 aliphatic heterocycles. The molecule has 0 bridgehead atoms. The van der Waals surface area contributed by atoms with E-state index in [2.05, 4.69) is 0 Å². The second-order valence-electron chi connectivity index (χ2n) is 3.91. The molecule has 1 aliphatic rings. The summed E-state index contributed by atoms with van der Waals surface area (Å²) in [6.45, 7) is 0.101. The quantitative estimate of drug-likeness (QED) is 0.867. The Bertz CT molecular complexity index is 456. The van der Waals surface area contributed by atoms with E-state index in [0.29, 0.717) is 5.75 Å². The Hall–Kier alpha value is -2.24. The van der Waals surface area contributed by atoms with Crippen LogP contribution in [0.25, 0.3) is 0 Å². The molecule has 96 valence electrons. The molecule has 6 heteroatoms. The maximum Gasteiger partial charge on any atom is 0.411 e. The van der Waals surface area contributed by atoms with Gasteiger partial charge in [0, 0.05) is 0 Å². The van der Waals surface area contributed by atoms with Crippen molar-refractivity contribution < 1.29 is 24.2 Å². The first kappa shape index (κ1) is 12.2. The van der Waals surface area contributed by atoms with E-state index in [1.54, 1.807) is 31.4 Å². The van der Waals surface area contributed by atoms with Gasteiger partial charge in [-0.1, -0.05) is 12.1 Å². The molecule has 0 aromatic heterocycles. The molecule has 1 amide bonds. The highest BCUT2D eigenvalue weighted by Gasteiger charge is 2.37. The third-order valence-electron chi connectivity index (χ3n) is 2.77. The van der Waals surface area contributed by atoms with Crippen LogP contribution in [0, 0.1) is 0 Å². The zero-order valence-electron chi connectivity index (χ0n) is 9.83. The molecule has 18 heavy (non-hydrogen) atoms. The highest BCUT2D eigenvalue weighted by Crippen LogP contribution is 2.18. The largest absolute Gasteiger partial charge is 0.497 e. The van der Waals surface area contributed by atoms with E-state index in [1.807, 2.05) is 0 Å². The zero-order chi connectivity index (χ0) is 13.1. The Kier molecular flexibility index (Phi) is 3.36. The maximum atomic E-state index is 11.4. The normalized spacial score (nSPS) is 18.6. The van der Waals surface area contributed by atoms with Crippen LogP contribution in [-0.4, -0.2) is 41.8 Å². The second-order valence-corrected chi connectivity index (χ2v) is 3.91. The van der Waals surface area contributed by atoms with Crippen molar-refractivity contribution in [3.05, 3.63) is 29.8 Å². The van der Waals surface area contributed by atoms with Crippen LogP contribution in [0.5, 0.6) is 5.75 Å². The number of rotatable bonds is 4. The molecule has 0 aliphatic carbocycles. The molecule has 2 rings (SSSR count). The van der Waals surface area contributed by atoms with Crippen molar-refractivity contribution in [2.45, 2.75) is 12.6 Å². The average molecular weight is 251 g/mol. The van der Waals surface area contributed by atoms with Crippen LogP contribution in [0.3, 0.4) is 0 Å². The molecular weight excluding hydrogens is 238 g/mol. The Balaban J connectivity index is 2.11. The summed E-state index contributed by atoms with van der Waals surface area (Å²) in [5.74, 6) is -0.355. The van der Waals surface area contributed by atoms with Crippen molar-refractivity contribution in [1.82, 2.24) is 4.90 Å². The molecule has 1 aromatic carbocycles. The maximum absolute atomic E-state index is 11.4. The van der Waals surface area contributed by atoms with Gasteiger partial charge in [-0.25, -0.2) is 9.59 Å². The third kappa shape index (κ3) is 2.37. The molecule has 1 heterocycles. The molecule has 1 atom stereocenters. The number of carboxylic acids is 1. The molecule has 6 nitrogen and oxygen atoms in total. The number of amides is 1. The van der Waals surface area contributed by atoms with Gasteiger partial charge in [0.25, 0.3) is 0 Å². The molecule has 0 spiro atoms. The molecule has 0 radical (unpaired) electrons. The Morgan fingerprint density at radius 1 is 1.50 bits per heavy atom. The number of aliphatic carboxylic acids is 1. The van der Waals surface area contributed by atoms with Gasteiger partial charge in [-0.3, -0.25) is 4.90 Å². The van der Waals surface area contributed by atoms with Gasteiger partial charge in [-0.15, -0.1) is 0 Å². The van der Waals surface area contributed by atoms with Gasteiger partial charge in [0.05, 0.1) is 13.7 Å². The first-order valence-electron chi connectivity index (χ1n) is 5.41. The minimum absolute atomic E-state index is 0.107. The number of carbonyl (C=O) groups excluding carboxylic acids is 1. The van der Waals surface area contributed by atoms with Crippen LogP contribution in [0.2, 0.25) is 0 Å². The van der Waals surface area contributed by atoms with Crippen LogP contribution in [0.4, 0.5) is 4.79 Å². The van der Waals surface area contributed by atoms with Gasteiger partial charge >= 0.3 is 12.1 Å². The van der Waals surface area contributed by atoms with Crippen LogP contribution >= 0.6 is 0 Å². The summed E-state index contributed by atoms with van der Waals surface area (Å²) in [5.41, 5.74) is 0.820. The molecular formula is C12H13NO5. The number of hydrogen-bond donors (Lipinski definition) is 1. The van der Waals surface area contributed by atoms with E-state index in [1.165, 1.54) is 4.90 Å². The van der Waals surface area contributed by atoms with E-state index in [9.17, 15) is 9.59 Å².